The minimum absolute atomic E-state index is 0.236. The molecule has 95 heavy (non-hydrogen) atoms. The van der Waals surface area contributed by atoms with Crippen molar-refractivity contribution in [2.75, 3.05) is 26.4 Å². The fourth-order valence-electron chi connectivity index (χ4n) is 13.2. The van der Waals surface area contributed by atoms with Crippen LogP contribution in [0, 0.1) is 0 Å². The third-order valence-corrected chi connectivity index (χ3v) is 19.4. The molecular formula is C76H141NO18. The van der Waals surface area contributed by atoms with Gasteiger partial charge in [-0.05, 0) is 38.5 Å². The number of carbonyl (C=O) groups is 1. The van der Waals surface area contributed by atoms with Crippen molar-refractivity contribution in [2.45, 2.75) is 413 Å². The zero-order chi connectivity index (χ0) is 68.9. The number of carbonyl (C=O) groups excluding carboxylic acids is 1. The van der Waals surface area contributed by atoms with E-state index in [9.17, 15) is 61.0 Å². The number of amides is 1. The third-order valence-electron chi connectivity index (χ3n) is 19.4. The Kier molecular flexibility index (Phi) is 52.9. The first-order valence-corrected chi connectivity index (χ1v) is 38.7. The molecule has 0 aromatic carbocycles. The smallest absolute Gasteiger partial charge is 0.220 e. The Morgan fingerprint density at radius 1 is 0.368 bits per heavy atom. The van der Waals surface area contributed by atoms with Crippen LogP contribution in [0.3, 0.4) is 0 Å². The molecule has 17 unspecified atom stereocenters. The van der Waals surface area contributed by atoms with Gasteiger partial charge in [-0.1, -0.05) is 301 Å². The van der Waals surface area contributed by atoms with Gasteiger partial charge in [0.2, 0.25) is 5.91 Å². The zero-order valence-electron chi connectivity index (χ0n) is 59.4. The lowest BCUT2D eigenvalue weighted by atomic mass is 9.96. The van der Waals surface area contributed by atoms with Gasteiger partial charge >= 0.3 is 0 Å². The van der Waals surface area contributed by atoms with Gasteiger partial charge < -0.3 is 89.9 Å². The van der Waals surface area contributed by atoms with Crippen LogP contribution in [0.4, 0.5) is 0 Å². The standard InChI is InChI=1S/C76H141NO18/c1-3-5-7-9-11-13-15-16-17-18-19-20-21-22-23-24-25-26-27-28-29-30-31-32-33-34-35-36-37-38-39-40-41-42-44-46-48-50-52-54-64(82)77-59(60(81)53-51-49-47-45-43-14-12-10-8-6-4-2)58-90-74-70(88)67(85)72(62(56-79)92-74)95-76-71(89)68(86)73(63(57-80)93-76)94-75-69(87)66(84)65(83)61(55-78)91-75/h8,10,43,45,51,53,59-63,65-76,78-81,83-89H,3-7,9,11-42,44,46-50,52,54-58H2,1-2H3,(H,77,82)/b10-8+,45-43+,53-51+. The van der Waals surface area contributed by atoms with Crippen molar-refractivity contribution in [3.63, 3.8) is 0 Å². The number of aliphatic hydroxyl groups is 11. The normalized spacial score (nSPS) is 27.4. The highest BCUT2D eigenvalue weighted by atomic mass is 16.8. The summed E-state index contributed by atoms with van der Waals surface area (Å²) in [6.07, 6.45) is 43.5. The van der Waals surface area contributed by atoms with Crippen molar-refractivity contribution in [1.82, 2.24) is 5.32 Å². The molecule has 17 atom stereocenters. The first kappa shape index (κ1) is 87.2. The van der Waals surface area contributed by atoms with E-state index >= 15 is 0 Å². The summed E-state index contributed by atoms with van der Waals surface area (Å²) in [5, 5.41) is 120. The van der Waals surface area contributed by atoms with E-state index in [0.717, 1.165) is 51.4 Å². The predicted octanol–water partition coefficient (Wildman–Crippen LogP) is 11.9. The highest BCUT2D eigenvalue weighted by molar-refractivity contribution is 5.76. The second-order valence-corrected chi connectivity index (χ2v) is 27.8. The summed E-state index contributed by atoms with van der Waals surface area (Å²) in [4.78, 5) is 13.4. The van der Waals surface area contributed by atoms with E-state index in [-0.39, 0.29) is 18.9 Å². The van der Waals surface area contributed by atoms with Crippen LogP contribution in [0.25, 0.3) is 0 Å². The maximum absolute atomic E-state index is 13.4. The summed E-state index contributed by atoms with van der Waals surface area (Å²) in [5.41, 5.74) is 0. The lowest BCUT2D eigenvalue weighted by Crippen LogP contribution is -2.66. The van der Waals surface area contributed by atoms with Crippen molar-refractivity contribution in [1.29, 1.82) is 0 Å². The highest BCUT2D eigenvalue weighted by Gasteiger charge is 2.53. The van der Waals surface area contributed by atoms with Crippen molar-refractivity contribution < 1.29 is 89.4 Å². The topological polar surface area (TPSA) is 307 Å². The first-order valence-electron chi connectivity index (χ1n) is 38.7. The summed E-state index contributed by atoms with van der Waals surface area (Å²) >= 11 is 0. The number of allylic oxidation sites excluding steroid dienone is 5. The van der Waals surface area contributed by atoms with Crippen molar-refractivity contribution >= 4 is 5.91 Å². The molecule has 1 amide bonds. The molecule has 3 aliphatic heterocycles. The van der Waals surface area contributed by atoms with E-state index in [0.29, 0.717) is 12.8 Å². The van der Waals surface area contributed by atoms with Crippen LogP contribution in [-0.2, 0) is 33.2 Å². The average Bonchev–Trinajstić information content (AvgIpc) is 0.786. The molecule has 3 rings (SSSR count). The number of hydrogen-bond donors (Lipinski definition) is 12. The second kappa shape index (κ2) is 57.6. The van der Waals surface area contributed by atoms with E-state index in [1.54, 1.807) is 6.08 Å². The average molecular weight is 1360 g/mol. The Morgan fingerprint density at radius 2 is 0.674 bits per heavy atom. The fraction of sp³-hybridized carbons (Fsp3) is 0.908. The SMILES string of the molecule is CCC/C=C/CC/C=C/CC/C=C/C(O)C(COC1OC(CO)C(OC2OC(CO)C(OC3OC(CO)C(O)C(O)C3O)C(O)C2O)C(O)C1O)NC(=O)CCCCCCCCCCCCCCCCCCCCCCCCCCCCCCCCCCCCCCCCC. The Morgan fingerprint density at radius 3 is 1.03 bits per heavy atom. The maximum atomic E-state index is 13.4. The van der Waals surface area contributed by atoms with Gasteiger partial charge in [-0.2, -0.15) is 0 Å². The van der Waals surface area contributed by atoms with Crippen LogP contribution >= 0.6 is 0 Å². The monoisotopic (exact) mass is 1360 g/mol. The van der Waals surface area contributed by atoms with Gasteiger partial charge in [0.25, 0.3) is 0 Å². The van der Waals surface area contributed by atoms with Gasteiger partial charge in [0.15, 0.2) is 18.9 Å². The Labute approximate surface area is 574 Å². The van der Waals surface area contributed by atoms with Gasteiger partial charge in [0.1, 0.15) is 73.2 Å². The second-order valence-electron chi connectivity index (χ2n) is 27.8. The Bertz CT molecular complexity index is 1860. The lowest BCUT2D eigenvalue weighted by Gasteiger charge is -2.48. The van der Waals surface area contributed by atoms with Crippen molar-refractivity contribution in [2.24, 2.45) is 0 Å². The summed E-state index contributed by atoms with van der Waals surface area (Å²) < 4.78 is 34.3. The van der Waals surface area contributed by atoms with Crippen LogP contribution in [0.1, 0.15) is 309 Å². The summed E-state index contributed by atoms with van der Waals surface area (Å²) in [6, 6.07) is -0.993. The molecule has 0 aromatic heterocycles. The Balaban J connectivity index is 1.26. The minimum atomic E-state index is -1.98. The molecule has 0 bridgehead atoms. The first-order chi connectivity index (χ1) is 46.3. The number of rotatable bonds is 61. The molecule has 19 heteroatoms. The zero-order valence-corrected chi connectivity index (χ0v) is 59.4. The van der Waals surface area contributed by atoms with E-state index in [1.165, 1.54) is 225 Å². The quantitative estimate of drug-likeness (QED) is 0.0199. The molecule has 0 spiro atoms. The molecule has 3 aliphatic rings. The molecule has 0 aromatic rings. The largest absolute Gasteiger partial charge is 0.394 e. The lowest BCUT2D eigenvalue weighted by molar-refractivity contribution is -0.379. The van der Waals surface area contributed by atoms with Crippen molar-refractivity contribution in [3.05, 3.63) is 36.5 Å². The molecular weight excluding hydrogens is 1210 g/mol. The summed E-state index contributed by atoms with van der Waals surface area (Å²) in [7, 11) is 0. The number of aliphatic hydroxyl groups excluding tert-OH is 11. The fourth-order valence-corrected chi connectivity index (χ4v) is 13.2. The number of hydrogen-bond acceptors (Lipinski definition) is 18. The molecule has 0 saturated carbocycles. The number of ether oxygens (including phenoxy) is 6. The Hall–Kier alpha value is -1.99. The van der Waals surface area contributed by atoms with Crippen molar-refractivity contribution in [3.8, 4) is 0 Å². The van der Waals surface area contributed by atoms with Crippen LogP contribution in [0.2, 0.25) is 0 Å². The van der Waals surface area contributed by atoms with Gasteiger partial charge in [-0.3, -0.25) is 4.79 Å². The predicted molar refractivity (Wildman–Crippen MR) is 374 cm³/mol. The van der Waals surface area contributed by atoms with Gasteiger partial charge in [0, 0.05) is 6.42 Å². The van der Waals surface area contributed by atoms with Crippen LogP contribution in [-0.4, -0.2) is 193 Å². The van der Waals surface area contributed by atoms with Gasteiger partial charge in [-0.25, -0.2) is 0 Å². The third kappa shape index (κ3) is 38.6. The molecule has 3 fully saturated rings. The van der Waals surface area contributed by atoms with Gasteiger partial charge in [-0.15, -0.1) is 0 Å². The van der Waals surface area contributed by atoms with Crippen LogP contribution in [0.5, 0.6) is 0 Å². The van der Waals surface area contributed by atoms with Crippen LogP contribution in [0.15, 0.2) is 36.5 Å². The van der Waals surface area contributed by atoms with E-state index < -0.39 is 124 Å². The molecule has 12 N–H and O–H groups in total. The molecule has 3 saturated heterocycles. The number of unbranched alkanes of at least 4 members (excludes halogenated alkanes) is 41. The number of nitrogens with one attached hydrogen (secondary N) is 1. The van der Waals surface area contributed by atoms with Gasteiger partial charge in [0.05, 0.1) is 38.6 Å². The molecule has 0 aliphatic carbocycles. The molecule has 0 radical (unpaired) electrons. The summed E-state index contributed by atoms with van der Waals surface area (Å²) in [5.74, 6) is -0.286. The van der Waals surface area contributed by atoms with E-state index in [2.05, 4.69) is 43.5 Å². The minimum Gasteiger partial charge on any atom is -0.394 e. The highest BCUT2D eigenvalue weighted by Crippen LogP contribution is 2.33. The molecule has 19 nitrogen and oxygen atoms in total. The summed E-state index contributed by atoms with van der Waals surface area (Å²) in [6.45, 7) is 1.65. The molecule has 3 heterocycles. The van der Waals surface area contributed by atoms with E-state index in [4.69, 9.17) is 28.4 Å². The maximum Gasteiger partial charge on any atom is 0.220 e. The van der Waals surface area contributed by atoms with Crippen LogP contribution < -0.4 is 5.32 Å². The van der Waals surface area contributed by atoms with E-state index in [1.807, 2.05) is 6.08 Å². The molecule has 558 valence electrons.